The molecule has 0 heterocycles. The fraction of sp³-hybridized carbons (Fsp3) is 0.143. The fourth-order valence-electron chi connectivity index (χ4n) is 7.38. The van der Waals surface area contributed by atoms with E-state index in [2.05, 4.69) is 21.2 Å². The molecule has 0 saturated carbocycles. The van der Waals surface area contributed by atoms with Crippen molar-refractivity contribution in [1.29, 1.82) is 0 Å². The van der Waals surface area contributed by atoms with E-state index in [4.69, 9.17) is 47.4 Å². The van der Waals surface area contributed by atoms with E-state index in [9.17, 15) is 19.2 Å². The number of rotatable bonds is 17. The van der Waals surface area contributed by atoms with Crippen LogP contribution in [0.25, 0.3) is 0 Å². The minimum absolute atomic E-state index is 0.172. The number of carbonyl (C=O) groups is 4. The molecule has 0 fully saturated rings. The second-order valence-electron chi connectivity index (χ2n) is 15.3. The summed E-state index contributed by atoms with van der Waals surface area (Å²) < 4.78 is 56.6. The molecule has 7 rings (SSSR count). The lowest BCUT2D eigenvalue weighted by atomic mass is 10.1. The largest absolute Gasteiger partial charge is 0.496 e. The maximum atomic E-state index is 14.4. The summed E-state index contributed by atoms with van der Waals surface area (Å²) >= 11 is 0. The predicted octanol–water partition coefficient (Wildman–Crippen LogP) is 10.0. The molecule has 7 aromatic rings. The zero-order valence-corrected chi connectivity index (χ0v) is 42.1. The van der Waals surface area contributed by atoms with E-state index in [-0.39, 0.29) is 56.8 Å². The topological polar surface area (TPSA) is 167 Å². The van der Waals surface area contributed by atoms with Crippen LogP contribution in [0.2, 0.25) is 0 Å². The number of carbonyl (C=O) groups excluding carboxylic acids is 4. The summed E-state index contributed by atoms with van der Waals surface area (Å²) in [4.78, 5) is 56.3. The maximum Gasteiger partial charge on any atom is 0.343 e. The van der Waals surface area contributed by atoms with Crippen molar-refractivity contribution in [2.24, 2.45) is 0 Å². The highest BCUT2D eigenvalue weighted by Crippen LogP contribution is 2.42. The summed E-state index contributed by atoms with van der Waals surface area (Å²) in [6.07, 6.45) is 0. The number of nitrogens with zero attached hydrogens (tertiary/aromatic N) is 2. The first kappa shape index (κ1) is 51.7. The normalized spacial score (nSPS) is 10.4. The molecule has 2 amide bonds. The number of anilines is 3. The Kier molecular flexibility index (Phi) is 16.7. The van der Waals surface area contributed by atoms with Crippen LogP contribution in [0.5, 0.6) is 57.5 Å². The van der Waals surface area contributed by atoms with Crippen molar-refractivity contribution in [3.05, 3.63) is 173 Å². The number of ether oxygens (including phenoxy) is 10. The lowest BCUT2D eigenvalue weighted by Crippen LogP contribution is -2.27. The van der Waals surface area contributed by atoms with Crippen LogP contribution in [0.15, 0.2) is 140 Å². The van der Waals surface area contributed by atoms with E-state index in [1.807, 2.05) is 6.07 Å². The van der Waals surface area contributed by atoms with Crippen LogP contribution in [0.1, 0.15) is 52.6 Å². The van der Waals surface area contributed by atoms with Gasteiger partial charge in [0.25, 0.3) is 11.8 Å². The second kappa shape index (κ2) is 23.6. The van der Waals surface area contributed by atoms with Crippen molar-refractivity contribution >= 4 is 50.2 Å². The van der Waals surface area contributed by atoms with E-state index in [0.717, 1.165) is 0 Å². The van der Waals surface area contributed by atoms with Crippen molar-refractivity contribution in [3.63, 3.8) is 0 Å². The van der Waals surface area contributed by atoms with Gasteiger partial charge in [0.1, 0.15) is 34.5 Å². The lowest BCUT2D eigenvalue weighted by Gasteiger charge is -2.26. The molecule has 0 radical (unpaired) electrons. The van der Waals surface area contributed by atoms with Gasteiger partial charge < -0.3 is 47.4 Å². The van der Waals surface area contributed by atoms with Gasteiger partial charge in [-0.05, 0) is 106 Å². The summed E-state index contributed by atoms with van der Waals surface area (Å²) in [6, 6.07) is 37.6. The molecule has 73 heavy (non-hydrogen) atoms. The van der Waals surface area contributed by atoms with Crippen molar-refractivity contribution in [1.82, 2.24) is 0 Å². The first-order valence-corrected chi connectivity index (χ1v) is 22.5. The Morgan fingerprint density at radius 1 is 0.397 bits per heavy atom. The molecule has 372 valence electrons. The molecule has 0 aromatic heterocycles. The molecular formula is C56H49N2O14P. The van der Waals surface area contributed by atoms with E-state index in [1.165, 1.54) is 90.7 Å². The number of hydrogen-bond donors (Lipinski definition) is 0. The van der Waals surface area contributed by atoms with Gasteiger partial charge in [0.2, 0.25) is 0 Å². The third-order valence-electron chi connectivity index (χ3n) is 11.1. The summed E-state index contributed by atoms with van der Waals surface area (Å²) in [6.45, 7) is 0. The molecule has 0 aliphatic rings. The Bertz CT molecular complexity index is 3230. The number of benzene rings is 7. The standard InChI is InChI=1S/C56H49N2O14P/c1-63-45-32-51(69-7)49(67-5)30-41(45)53(59)57(38-12-10-9-11-13-38)43-26-20-36(28-47(43)65-3)55(61)71-39-22-16-34(17-23-39)14-15-35-18-24-40(25-19-35)72-56(62)37-21-27-44(48(29-37)66-4)58(73)54(60)42-31-50(68-6)52(70-8)33-46(42)64-2/h9-13,16-33H,73H2,1-8H3. The maximum absolute atomic E-state index is 14.4. The fourth-order valence-corrected chi connectivity index (χ4v) is 7.73. The Morgan fingerprint density at radius 3 is 1.21 bits per heavy atom. The average molecular weight is 1000 g/mol. The first-order valence-electron chi connectivity index (χ1n) is 22.0. The lowest BCUT2D eigenvalue weighted by molar-refractivity contribution is 0.0725. The molecule has 1 atom stereocenters. The van der Waals surface area contributed by atoms with Gasteiger partial charge in [0.05, 0.1) is 90.5 Å². The number of hydrogen-bond acceptors (Lipinski definition) is 14. The monoisotopic (exact) mass is 1000 g/mol. The first-order chi connectivity index (χ1) is 35.4. The summed E-state index contributed by atoms with van der Waals surface area (Å²) in [7, 11) is 14.0. The Hall–Kier alpha value is -9.19. The molecule has 1 unspecified atom stereocenters. The number of esters is 2. The Balaban J connectivity index is 0.994. The second-order valence-corrected chi connectivity index (χ2v) is 15.8. The van der Waals surface area contributed by atoms with E-state index in [0.29, 0.717) is 51.2 Å². The molecule has 0 aliphatic heterocycles. The molecule has 7 aromatic carbocycles. The van der Waals surface area contributed by atoms with Crippen molar-refractivity contribution < 1.29 is 66.5 Å². The van der Waals surface area contributed by atoms with Gasteiger partial charge in [-0.1, -0.05) is 30.0 Å². The average Bonchev–Trinajstić information content (AvgIpc) is 3.44. The van der Waals surface area contributed by atoms with Crippen LogP contribution in [0.3, 0.4) is 0 Å². The molecule has 0 N–H and O–H groups in total. The van der Waals surface area contributed by atoms with Gasteiger partial charge >= 0.3 is 11.9 Å². The van der Waals surface area contributed by atoms with Gasteiger partial charge in [-0.25, -0.2) is 9.59 Å². The van der Waals surface area contributed by atoms with Gasteiger partial charge in [0.15, 0.2) is 23.0 Å². The zero-order valence-electron chi connectivity index (χ0n) is 41.0. The Labute approximate surface area is 424 Å². The Morgan fingerprint density at radius 2 is 0.781 bits per heavy atom. The van der Waals surface area contributed by atoms with Gasteiger partial charge in [-0.15, -0.1) is 0 Å². The quantitative estimate of drug-likeness (QED) is 0.0366. The zero-order chi connectivity index (χ0) is 52.2. The van der Waals surface area contributed by atoms with Crippen LogP contribution in [-0.2, 0) is 0 Å². The molecule has 0 bridgehead atoms. The summed E-state index contributed by atoms with van der Waals surface area (Å²) in [5.74, 6) is 6.90. The van der Waals surface area contributed by atoms with Crippen LogP contribution in [0.4, 0.5) is 17.1 Å². The molecule has 0 spiro atoms. The highest BCUT2D eigenvalue weighted by molar-refractivity contribution is 7.21. The molecular weight excluding hydrogens is 956 g/mol. The van der Waals surface area contributed by atoms with Gasteiger partial charge in [-0.2, -0.15) is 0 Å². The predicted molar refractivity (Wildman–Crippen MR) is 276 cm³/mol. The van der Waals surface area contributed by atoms with Crippen LogP contribution >= 0.6 is 9.39 Å². The number of para-hydroxylation sites is 1. The number of amides is 2. The SMILES string of the molecule is COc1cc(OC)c(C(=O)N(P)c2ccc(C(=O)Oc3ccc(C#Cc4ccc(OC(=O)c5ccc(N(C(=O)c6cc(OC)c(OC)cc6OC)c6ccccc6)c(OC)c5)cc4)cc3)cc2OC)cc1OC. The summed E-state index contributed by atoms with van der Waals surface area (Å²) in [5.41, 5.74) is 3.26. The van der Waals surface area contributed by atoms with Gasteiger partial charge in [0, 0.05) is 41.1 Å². The van der Waals surface area contributed by atoms with Crippen molar-refractivity contribution in [3.8, 4) is 69.3 Å². The van der Waals surface area contributed by atoms with Crippen molar-refractivity contribution in [2.75, 3.05) is 66.4 Å². The molecule has 0 saturated heterocycles. The molecule has 0 aliphatic carbocycles. The number of methoxy groups -OCH3 is 8. The van der Waals surface area contributed by atoms with E-state index in [1.54, 1.807) is 109 Å². The van der Waals surface area contributed by atoms with Crippen molar-refractivity contribution in [2.45, 2.75) is 0 Å². The third kappa shape index (κ3) is 11.5. The molecule has 17 heteroatoms. The minimum Gasteiger partial charge on any atom is -0.496 e. The van der Waals surface area contributed by atoms with Crippen LogP contribution in [-0.4, -0.2) is 80.6 Å². The highest BCUT2D eigenvalue weighted by atomic mass is 31.0. The van der Waals surface area contributed by atoms with E-state index < -0.39 is 23.8 Å². The van der Waals surface area contributed by atoms with E-state index >= 15 is 0 Å². The van der Waals surface area contributed by atoms with Crippen LogP contribution in [0, 0.1) is 11.8 Å². The minimum atomic E-state index is -0.660. The summed E-state index contributed by atoms with van der Waals surface area (Å²) in [5, 5.41) is 0. The molecule has 16 nitrogen and oxygen atoms in total. The highest BCUT2D eigenvalue weighted by Gasteiger charge is 2.29. The van der Waals surface area contributed by atoms with Crippen LogP contribution < -0.4 is 56.9 Å². The smallest absolute Gasteiger partial charge is 0.343 e. The third-order valence-corrected chi connectivity index (χ3v) is 11.6. The van der Waals surface area contributed by atoms with Gasteiger partial charge in [-0.3, -0.25) is 19.2 Å².